The number of carboxylic acids is 1. The van der Waals surface area contributed by atoms with Crippen molar-refractivity contribution in [3.05, 3.63) is 53.2 Å². The Balaban J connectivity index is 1.87. The second-order valence-electron chi connectivity index (χ2n) is 4.27. The van der Waals surface area contributed by atoms with Gasteiger partial charge in [-0.25, -0.2) is 4.79 Å². The molecule has 0 radical (unpaired) electrons. The number of carbonyl (C=O) groups is 1. The summed E-state index contributed by atoms with van der Waals surface area (Å²) < 4.78 is 0. The van der Waals surface area contributed by atoms with E-state index in [2.05, 4.69) is 40.6 Å². The molecule has 19 heavy (non-hydrogen) atoms. The van der Waals surface area contributed by atoms with Crippen molar-refractivity contribution >= 4 is 11.8 Å². The largest absolute Gasteiger partial charge is 0.476 e. The molecular formula is C14H15N3O2. The molecule has 1 aromatic heterocycles. The van der Waals surface area contributed by atoms with Crippen LogP contribution in [-0.4, -0.2) is 27.8 Å². The van der Waals surface area contributed by atoms with Gasteiger partial charge in [0, 0.05) is 6.54 Å². The van der Waals surface area contributed by atoms with Crippen LogP contribution < -0.4 is 5.32 Å². The lowest BCUT2D eigenvalue weighted by atomic mass is 10.1. The van der Waals surface area contributed by atoms with E-state index < -0.39 is 5.97 Å². The fourth-order valence-electron chi connectivity index (χ4n) is 1.74. The molecule has 0 bridgehead atoms. The van der Waals surface area contributed by atoms with Crippen LogP contribution in [0.2, 0.25) is 0 Å². The molecule has 2 N–H and O–H groups in total. The van der Waals surface area contributed by atoms with Gasteiger partial charge in [0.1, 0.15) is 5.82 Å². The van der Waals surface area contributed by atoms with Crippen LogP contribution in [0.3, 0.4) is 0 Å². The van der Waals surface area contributed by atoms with E-state index in [0.29, 0.717) is 5.82 Å². The Hall–Kier alpha value is -2.43. The maximum atomic E-state index is 10.6. The molecule has 0 unspecified atom stereocenters. The summed E-state index contributed by atoms with van der Waals surface area (Å²) in [6.45, 7) is 2.79. The molecule has 0 fully saturated rings. The van der Waals surface area contributed by atoms with E-state index in [0.717, 1.165) is 13.0 Å². The first-order chi connectivity index (χ1) is 9.15. The zero-order chi connectivity index (χ0) is 13.7. The highest BCUT2D eigenvalue weighted by Crippen LogP contribution is 2.06. The molecule has 5 nitrogen and oxygen atoms in total. The van der Waals surface area contributed by atoms with Crippen molar-refractivity contribution in [1.29, 1.82) is 0 Å². The van der Waals surface area contributed by atoms with E-state index in [9.17, 15) is 4.79 Å². The Morgan fingerprint density at radius 3 is 2.74 bits per heavy atom. The van der Waals surface area contributed by atoms with E-state index in [1.165, 1.54) is 17.2 Å². The van der Waals surface area contributed by atoms with Gasteiger partial charge in [0.15, 0.2) is 5.69 Å². The molecule has 0 aliphatic carbocycles. The number of nitrogens with one attached hydrogen (secondary N) is 1. The molecule has 0 aliphatic heterocycles. The summed E-state index contributed by atoms with van der Waals surface area (Å²) in [4.78, 5) is 10.6. The van der Waals surface area contributed by atoms with E-state index in [-0.39, 0.29) is 5.69 Å². The molecule has 0 aliphatic rings. The maximum Gasteiger partial charge on any atom is 0.356 e. The highest BCUT2D eigenvalue weighted by atomic mass is 16.4. The van der Waals surface area contributed by atoms with Crippen molar-refractivity contribution in [2.45, 2.75) is 13.3 Å². The van der Waals surface area contributed by atoms with Crippen LogP contribution in [0.5, 0.6) is 0 Å². The van der Waals surface area contributed by atoms with Crippen LogP contribution in [0.4, 0.5) is 5.82 Å². The molecule has 0 saturated heterocycles. The lowest BCUT2D eigenvalue weighted by Gasteiger charge is -2.05. The fraction of sp³-hybridized carbons (Fsp3) is 0.214. The normalized spacial score (nSPS) is 10.2. The van der Waals surface area contributed by atoms with Gasteiger partial charge < -0.3 is 10.4 Å². The first-order valence-electron chi connectivity index (χ1n) is 6.01. The van der Waals surface area contributed by atoms with Gasteiger partial charge in [0.25, 0.3) is 0 Å². The Bertz CT molecular complexity index is 567. The number of nitrogens with zero attached hydrogens (tertiary/aromatic N) is 2. The molecule has 1 aromatic carbocycles. The minimum Gasteiger partial charge on any atom is -0.476 e. The van der Waals surface area contributed by atoms with Gasteiger partial charge in [0.05, 0.1) is 0 Å². The first-order valence-corrected chi connectivity index (χ1v) is 6.01. The van der Waals surface area contributed by atoms with Gasteiger partial charge in [-0.05, 0) is 31.0 Å². The Morgan fingerprint density at radius 1 is 1.26 bits per heavy atom. The van der Waals surface area contributed by atoms with Crippen molar-refractivity contribution in [2.24, 2.45) is 0 Å². The van der Waals surface area contributed by atoms with Crippen molar-refractivity contribution in [1.82, 2.24) is 10.2 Å². The second kappa shape index (κ2) is 5.95. The molecule has 0 amide bonds. The molecule has 0 atom stereocenters. The van der Waals surface area contributed by atoms with Crippen LogP contribution >= 0.6 is 0 Å². The third-order valence-electron chi connectivity index (χ3n) is 2.69. The molecule has 98 valence electrons. The summed E-state index contributed by atoms with van der Waals surface area (Å²) in [5, 5.41) is 19.2. The summed E-state index contributed by atoms with van der Waals surface area (Å²) in [6, 6.07) is 11.4. The predicted molar refractivity (Wildman–Crippen MR) is 72.4 cm³/mol. The van der Waals surface area contributed by atoms with E-state index >= 15 is 0 Å². The number of rotatable bonds is 5. The van der Waals surface area contributed by atoms with Gasteiger partial charge in [-0.15, -0.1) is 10.2 Å². The number of anilines is 1. The van der Waals surface area contributed by atoms with E-state index in [4.69, 9.17) is 5.11 Å². The quantitative estimate of drug-likeness (QED) is 0.858. The third kappa shape index (κ3) is 3.77. The summed E-state index contributed by atoms with van der Waals surface area (Å²) in [6.07, 6.45) is 0.879. The topological polar surface area (TPSA) is 75.1 Å². The third-order valence-corrected chi connectivity index (χ3v) is 2.69. The van der Waals surface area contributed by atoms with Crippen LogP contribution in [0.15, 0.2) is 36.4 Å². The highest BCUT2D eigenvalue weighted by molar-refractivity contribution is 5.85. The zero-order valence-corrected chi connectivity index (χ0v) is 10.6. The lowest BCUT2D eigenvalue weighted by molar-refractivity contribution is 0.0689. The number of aromatic nitrogens is 2. The Labute approximate surface area is 111 Å². The number of benzene rings is 1. The monoisotopic (exact) mass is 257 g/mol. The van der Waals surface area contributed by atoms with Gasteiger partial charge in [-0.1, -0.05) is 29.8 Å². The molecule has 0 spiro atoms. The number of aromatic carboxylic acids is 1. The van der Waals surface area contributed by atoms with Crippen LogP contribution in [0.1, 0.15) is 21.6 Å². The molecule has 1 heterocycles. The molecule has 0 saturated carbocycles. The molecule has 2 aromatic rings. The van der Waals surface area contributed by atoms with Crippen LogP contribution in [0.25, 0.3) is 0 Å². The average molecular weight is 257 g/mol. The molecule has 2 rings (SSSR count). The average Bonchev–Trinajstić information content (AvgIpc) is 2.39. The number of hydrogen-bond acceptors (Lipinski definition) is 4. The van der Waals surface area contributed by atoms with Crippen molar-refractivity contribution < 1.29 is 9.90 Å². The second-order valence-corrected chi connectivity index (χ2v) is 4.27. The maximum absolute atomic E-state index is 10.6. The summed E-state index contributed by atoms with van der Waals surface area (Å²) >= 11 is 0. The zero-order valence-electron chi connectivity index (χ0n) is 10.6. The van der Waals surface area contributed by atoms with E-state index in [1.807, 2.05) is 6.07 Å². The van der Waals surface area contributed by atoms with Crippen molar-refractivity contribution in [3.8, 4) is 0 Å². The molecule has 5 heteroatoms. The van der Waals surface area contributed by atoms with Gasteiger partial charge >= 0.3 is 5.97 Å². The standard InChI is InChI=1S/C14H15N3O2/c1-10-3-2-4-11(9-10)7-8-15-13-6-5-12(14(18)19)16-17-13/h2-6,9H,7-8H2,1H3,(H,15,17)(H,18,19). The van der Waals surface area contributed by atoms with Gasteiger partial charge in [0.2, 0.25) is 0 Å². The number of carboxylic acid groups (broad SMARTS) is 1. The predicted octanol–water partition coefficient (Wildman–Crippen LogP) is 2.14. The smallest absolute Gasteiger partial charge is 0.356 e. The first kappa shape index (κ1) is 13.0. The summed E-state index contributed by atoms with van der Waals surface area (Å²) in [7, 11) is 0. The van der Waals surface area contributed by atoms with Gasteiger partial charge in [-0.3, -0.25) is 0 Å². The minimum atomic E-state index is -1.07. The van der Waals surface area contributed by atoms with Crippen molar-refractivity contribution in [3.63, 3.8) is 0 Å². The van der Waals surface area contributed by atoms with Gasteiger partial charge in [-0.2, -0.15) is 0 Å². The van der Waals surface area contributed by atoms with Crippen molar-refractivity contribution in [2.75, 3.05) is 11.9 Å². The summed E-state index contributed by atoms with van der Waals surface area (Å²) in [5.74, 6) is -0.489. The summed E-state index contributed by atoms with van der Waals surface area (Å²) in [5.41, 5.74) is 2.44. The highest BCUT2D eigenvalue weighted by Gasteiger charge is 2.04. The van der Waals surface area contributed by atoms with Crippen LogP contribution in [-0.2, 0) is 6.42 Å². The number of hydrogen-bond donors (Lipinski definition) is 2. The van der Waals surface area contributed by atoms with E-state index in [1.54, 1.807) is 6.07 Å². The number of aryl methyl sites for hydroxylation is 1. The minimum absolute atomic E-state index is 0.0516. The lowest BCUT2D eigenvalue weighted by Crippen LogP contribution is -2.09. The SMILES string of the molecule is Cc1cccc(CCNc2ccc(C(=O)O)nn2)c1. The van der Waals surface area contributed by atoms with Crippen LogP contribution in [0, 0.1) is 6.92 Å². The Kier molecular flexibility index (Phi) is 4.07. The molecular weight excluding hydrogens is 242 g/mol. The Morgan fingerprint density at radius 2 is 2.11 bits per heavy atom. The fourth-order valence-corrected chi connectivity index (χ4v) is 1.74.